The lowest BCUT2D eigenvalue weighted by Gasteiger charge is -2.17. The van der Waals surface area contributed by atoms with E-state index >= 15 is 0 Å². The molecule has 0 aliphatic carbocycles. The number of rotatable bonds is 7. The van der Waals surface area contributed by atoms with Gasteiger partial charge in [-0.25, -0.2) is 4.79 Å². The second-order valence-corrected chi connectivity index (χ2v) is 3.38. The lowest BCUT2D eigenvalue weighted by Crippen LogP contribution is -2.27. The molecule has 0 aliphatic heterocycles. The van der Waals surface area contributed by atoms with Gasteiger partial charge in [-0.2, -0.15) is 0 Å². The van der Waals surface area contributed by atoms with Gasteiger partial charge in [-0.3, -0.25) is 0 Å². The third-order valence-corrected chi connectivity index (χ3v) is 1.99. The number of nitrogens with zero attached hydrogens (tertiary/aromatic N) is 1. The Labute approximate surface area is 102 Å². The summed E-state index contributed by atoms with van der Waals surface area (Å²) in [6.07, 6.45) is 5.73. The number of ether oxygens (including phenoxy) is 1. The minimum atomic E-state index is -0.755. The van der Waals surface area contributed by atoms with Crippen LogP contribution in [0.25, 0.3) is 0 Å². The van der Waals surface area contributed by atoms with Crippen LogP contribution < -0.4 is 5.32 Å². The summed E-state index contributed by atoms with van der Waals surface area (Å²) in [6.45, 7) is 6.10. The first kappa shape index (κ1) is 15.1. The Morgan fingerprint density at radius 3 is 2.71 bits per heavy atom. The predicted octanol–water partition coefficient (Wildman–Crippen LogP) is 1.52. The van der Waals surface area contributed by atoms with Gasteiger partial charge in [-0.15, -0.1) is 0 Å². The van der Waals surface area contributed by atoms with Crippen molar-refractivity contribution in [2.75, 3.05) is 20.8 Å². The second kappa shape index (κ2) is 8.27. The van der Waals surface area contributed by atoms with E-state index in [1.54, 1.807) is 18.0 Å². The van der Waals surface area contributed by atoms with Gasteiger partial charge in [-0.1, -0.05) is 19.6 Å². The molecule has 0 rings (SSSR count). The van der Waals surface area contributed by atoms with Gasteiger partial charge in [0.2, 0.25) is 5.76 Å². The Kier molecular flexibility index (Phi) is 7.34. The lowest BCUT2D eigenvalue weighted by molar-refractivity contribution is -0.139. The molecule has 0 amide bonds. The summed E-state index contributed by atoms with van der Waals surface area (Å²) in [5.74, 6) is -1.18. The van der Waals surface area contributed by atoms with Crippen molar-refractivity contribution in [3.05, 3.63) is 36.4 Å². The number of aliphatic hydroxyl groups is 1. The van der Waals surface area contributed by atoms with E-state index in [9.17, 15) is 9.90 Å². The molecule has 5 heteroatoms. The number of aliphatic hydroxyl groups excluding tert-OH is 1. The van der Waals surface area contributed by atoms with Gasteiger partial charge in [0, 0.05) is 12.7 Å². The fraction of sp³-hybridized carbons (Fsp3) is 0.417. The lowest BCUT2D eigenvalue weighted by atomic mass is 10.3. The molecule has 2 N–H and O–H groups in total. The van der Waals surface area contributed by atoms with Gasteiger partial charge in [0.05, 0.1) is 20.0 Å². The van der Waals surface area contributed by atoms with Gasteiger partial charge in [0.25, 0.3) is 0 Å². The molecule has 0 aromatic carbocycles. The van der Waals surface area contributed by atoms with Crippen molar-refractivity contribution in [2.24, 2.45) is 0 Å². The van der Waals surface area contributed by atoms with Gasteiger partial charge in [-0.05, 0) is 12.5 Å². The van der Waals surface area contributed by atoms with Crippen molar-refractivity contribution < 1.29 is 14.6 Å². The zero-order valence-corrected chi connectivity index (χ0v) is 10.6. The maximum absolute atomic E-state index is 10.9. The minimum Gasteiger partial charge on any atom is -0.501 e. The van der Waals surface area contributed by atoms with Crippen LogP contribution in [-0.2, 0) is 9.53 Å². The smallest absolute Gasteiger partial charge is 0.374 e. The maximum Gasteiger partial charge on any atom is 0.374 e. The van der Waals surface area contributed by atoms with Gasteiger partial charge in [0.15, 0.2) is 0 Å². The number of nitrogens with one attached hydrogen (secondary N) is 1. The fourth-order valence-corrected chi connectivity index (χ4v) is 1.08. The molecule has 0 fully saturated rings. The molecule has 0 aromatic rings. The molecule has 0 radical (unpaired) electrons. The quantitative estimate of drug-likeness (QED) is 0.232. The van der Waals surface area contributed by atoms with Crippen molar-refractivity contribution in [2.45, 2.75) is 13.3 Å². The van der Waals surface area contributed by atoms with E-state index in [0.717, 1.165) is 12.1 Å². The van der Waals surface area contributed by atoms with Crippen LogP contribution >= 0.6 is 0 Å². The molecular weight excluding hydrogens is 220 g/mol. The molecule has 0 aromatic heterocycles. The zero-order valence-electron chi connectivity index (χ0n) is 10.6. The Morgan fingerprint density at radius 2 is 2.24 bits per heavy atom. The molecule has 0 spiro atoms. The first-order valence-corrected chi connectivity index (χ1v) is 5.29. The highest BCUT2D eigenvalue weighted by Crippen LogP contribution is 1.98. The Morgan fingerprint density at radius 1 is 1.59 bits per heavy atom. The van der Waals surface area contributed by atoms with Crippen molar-refractivity contribution >= 4 is 5.97 Å². The highest BCUT2D eigenvalue weighted by atomic mass is 16.5. The number of carbonyl (C=O) groups excluding carboxylic acids is 1. The van der Waals surface area contributed by atoms with E-state index in [0.29, 0.717) is 6.67 Å². The molecule has 5 nitrogen and oxygen atoms in total. The first-order valence-electron chi connectivity index (χ1n) is 5.29. The standard InChI is InChI=1S/C12H20N2O3/c1-5-7-10(6-2)13-9-14(3)8-11(15)12(16)17-4/h5,7-8,13,15H,1,6,9H2,2-4H3/b10-7+,11-8-. The molecule has 0 bridgehead atoms. The molecular formula is C12H20N2O3. The summed E-state index contributed by atoms with van der Waals surface area (Å²) in [5.41, 5.74) is 1.03. The second-order valence-electron chi connectivity index (χ2n) is 3.38. The van der Waals surface area contributed by atoms with Crippen molar-refractivity contribution in [1.82, 2.24) is 10.2 Å². The molecule has 0 atom stereocenters. The van der Waals surface area contributed by atoms with Crippen LogP contribution in [0.2, 0.25) is 0 Å². The molecule has 17 heavy (non-hydrogen) atoms. The molecule has 96 valence electrons. The highest BCUT2D eigenvalue weighted by molar-refractivity contribution is 5.85. The topological polar surface area (TPSA) is 61.8 Å². The van der Waals surface area contributed by atoms with Crippen molar-refractivity contribution in [3.63, 3.8) is 0 Å². The van der Waals surface area contributed by atoms with Gasteiger partial charge >= 0.3 is 5.97 Å². The third kappa shape index (κ3) is 6.29. The van der Waals surface area contributed by atoms with Crippen LogP contribution in [0.4, 0.5) is 0 Å². The summed E-state index contributed by atoms with van der Waals surface area (Å²) in [6, 6.07) is 0. The van der Waals surface area contributed by atoms with Crippen LogP contribution in [0, 0.1) is 0 Å². The average Bonchev–Trinajstić information content (AvgIpc) is 2.33. The van der Waals surface area contributed by atoms with Crippen LogP contribution in [0.3, 0.4) is 0 Å². The number of methoxy groups -OCH3 is 1. The summed E-state index contributed by atoms with van der Waals surface area (Å²) in [5, 5.41) is 12.4. The number of carbonyl (C=O) groups is 1. The van der Waals surface area contributed by atoms with Crippen LogP contribution in [0.1, 0.15) is 13.3 Å². The monoisotopic (exact) mass is 240 g/mol. The fourth-order valence-electron chi connectivity index (χ4n) is 1.08. The van der Waals surface area contributed by atoms with Crippen LogP contribution in [0.15, 0.2) is 36.4 Å². The molecule has 0 saturated heterocycles. The summed E-state index contributed by atoms with van der Waals surface area (Å²) in [7, 11) is 2.94. The summed E-state index contributed by atoms with van der Waals surface area (Å²) >= 11 is 0. The number of hydrogen-bond acceptors (Lipinski definition) is 5. The van der Waals surface area contributed by atoms with Crippen LogP contribution in [0.5, 0.6) is 0 Å². The normalized spacial score (nSPS) is 11.9. The zero-order chi connectivity index (χ0) is 13.3. The van der Waals surface area contributed by atoms with Crippen molar-refractivity contribution in [3.8, 4) is 0 Å². The maximum atomic E-state index is 10.9. The minimum absolute atomic E-state index is 0.428. The Balaban J connectivity index is 4.27. The number of allylic oxidation sites excluding steroid dienone is 3. The van der Waals surface area contributed by atoms with Crippen molar-refractivity contribution in [1.29, 1.82) is 0 Å². The van der Waals surface area contributed by atoms with Crippen LogP contribution in [-0.4, -0.2) is 36.8 Å². The van der Waals surface area contributed by atoms with E-state index in [1.807, 2.05) is 13.0 Å². The number of hydrogen-bond donors (Lipinski definition) is 2. The van der Waals surface area contributed by atoms with E-state index in [2.05, 4.69) is 16.6 Å². The number of esters is 1. The molecule has 0 heterocycles. The highest BCUT2D eigenvalue weighted by Gasteiger charge is 2.07. The SMILES string of the molecule is C=C/C=C(\CC)NCN(C)/C=C(\O)C(=O)OC. The summed E-state index contributed by atoms with van der Waals surface area (Å²) < 4.78 is 4.37. The largest absolute Gasteiger partial charge is 0.501 e. The van der Waals surface area contributed by atoms with E-state index in [-0.39, 0.29) is 0 Å². The van der Waals surface area contributed by atoms with E-state index in [1.165, 1.54) is 13.3 Å². The van der Waals surface area contributed by atoms with E-state index < -0.39 is 11.7 Å². The predicted molar refractivity (Wildman–Crippen MR) is 67.1 cm³/mol. The third-order valence-electron chi connectivity index (χ3n) is 1.99. The van der Waals surface area contributed by atoms with E-state index in [4.69, 9.17) is 0 Å². The molecule has 0 unspecified atom stereocenters. The Bertz CT molecular complexity index is 322. The average molecular weight is 240 g/mol. The van der Waals surface area contributed by atoms with Gasteiger partial charge < -0.3 is 20.1 Å². The summed E-state index contributed by atoms with van der Waals surface area (Å²) in [4.78, 5) is 12.6. The van der Waals surface area contributed by atoms with Gasteiger partial charge in [0.1, 0.15) is 0 Å². The molecule has 0 saturated carbocycles. The molecule has 0 aliphatic rings. The Hall–Kier alpha value is -1.91. The first-order chi connectivity index (χ1) is 8.04.